The van der Waals surface area contributed by atoms with Crippen molar-refractivity contribution in [1.82, 2.24) is 19.8 Å². The fraction of sp³-hybridized carbons (Fsp3) is 0.333. The minimum absolute atomic E-state index is 0.0812. The summed E-state index contributed by atoms with van der Waals surface area (Å²) in [5, 5.41) is 16.9. The molecule has 126 valence electrons. The molecule has 0 aliphatic rings. The number of carbonyl (C=O) groups excluding carboxylic acids is 1. The van der Waals surface area contributed by atoms with Crippen LogP contribution in [0.2, 0.25) is 0 Å². The number of carbonyl (C=O) groups is 1. The Kier molecular flexibility index (Phi) is 6.23. The van der Waals surface area contributed by atoms with Crippen LogP contribution in [0.15, 0.2) is 33.9 Å². The summed E-state index contributed by atoms with van der Waals surface area (Å²) in [4.78, 5) is 13.8. The Hall–Kier alpha value is -2.05. The Morgan fingerprint density at radius 3 is 2.96 bits per heavy atom. The molecule has 7 nitrogen and oxygen atoms in total. The topological polar surface area (TPSA) is 101 Å². The maximum atomic E-state index is 12.3. The van der Waals surface area contributed by atoms with Gasteiger partial charge < -0.3 is 10.7 Å². The summed E-state index contributed by atoms with van der Waals surface area (Å²) < 4.78 is 2.30. The van der Waals surface area contributed by atoms with Crippen LogP contribution >= 0.6 is 27.7 Å². The van der Waals surface area contributed by atoms with Gasteiger partial charge >= 0.3 is 0 Å². The quantitative estimate of drug-likeness (QED) is 0.580. The van der Waals surface area contributed by atoms with Gasteiger partial charge in [0.25, 0.3) is 0 Å². The van der Waals surface area contributed by atoms with Gasteiger partial charge in [0.1, 0.15) is 0 Å². The number of rotatable bonds is 6. The van der Waals surface area contributed by atoms with Crippen LogP contribution in [0.4, 0.5) is 0 Å². The van der Waals surface area contributed by atoms with Gasteiger partial charge in [-0.1, -0.05) is 39.8 Å². The van der Waals surface area contributed by atoms with E-state index in [1.807, 2.05) is 30.3 Å². The van der Waals surface area contributed by atoms with E-state index in [9.17, 15) is 4.79 Å². The van der Waals surface area contributed by atoms with Gasteiger partial charge in [-0.05, 0) is 19.1 Å². The molecule has 1 aromatic carbocycles. The highest BCUT2D eigenvalue weighted by atomic mass is 79.9. The van der Waals surface area contributed by atoms with E-state index in [-0.39, 0.29) is 11.2 Å². The largest absolute Gasteiger partial charge is 0.344 e. The Labute approximate surface area is 152 Å². The first kappa shape index (κ1) is 18.3. The van der Waals surface area contributed by atoms with Crippen molar-refractivity contribution in [2.45, 2.75) is 23.8 Å². The fourth-order valence-electron chi connectivity index (χ4n) is 2.03. The van der Waals surface area contributed by atoms with Gasteiger partial charge in [0.05, 0.1) is 17.7 Å². The van der Waals surface area contributed by atoms with E-state index in [4.69, 9.17) is 11.1 Å². The molecule has 24 heavy (non-hydrogen) atoms. The molecule has 0 saturated carbocycles. The van der Waals surface area contributed by atoms with Crippen molar-refractivity contribution in [3.05, 3.63) is 28.7 Å². The average Bonchev–Trinajstić information content (AvgIpc) is 2.92. The Morgan fingerprint density at radius 1 is 1.54 bits per heavy atom. The molecule has 0 fully saturated rings. The monoisotopic (exact) mass is 408 g/mol. The number of nitrogen functional groups attached to an aromatic ring is 1. The number of amides is 1. The van der Waals surface area contributed by atoms with Crippen molar-refractivity contribution >= 4 is 33.6 Å². The van der Waals surface area contributed by atoms with Crippen LogP contribution < -0.4 is 5.84 Å². The minimum Gasteiger partial charge on any atom is -0.344 e. The highest BCUT2D eigenvalue weighted by Gasteiger charge is 2.22. The second kappa shape index (κ2) is 8.17. The number of hydrogen-bond acceptors (Lipinski definition) is 6. The molecule has 1 aromatic heterocycles. The lowest BCUT2D eigenvalue weighted by molar-refractivity contribution is -0.128. The molecule has 9 heteroatoms. The lowest BCUT2D eigenvalue weighted by Crippen LogP contribution is -2.34. The van der Waals surface area contributed by atoms with Gasteiger partial charge in [0.2, 0.25) is 11.1 Å². The summed E-state index contributed by atoms with van der Waals surface area (Å²) in [5.41, 5.74) is 0.830. The maximum absolute atomic E-state index is 12.3. The van der Waals surface area contributed by atoms with E-state index in [0.717, 1.165) is 10.0 Å². The number of nitriles is 1. The Bertz CT molecular complexity index is 772. The van der Waals surface area contributed by atoms with Crippen LogP contribution in [-0.2, 0) is 4.79 Å². The molecule has 0 unspecified atom stereocenters. The zero-order valence-corrected chi connectivity index (χ0v) is 15.7. The van der Waals surface area contributed by atoms with E-state index >= 15 is 0 Å². The fourth-order valence-corrected chi connectivity index (χ4v) is 3.31. The van der Waals surface area contributed by atoms with Gasteiger partial charge in [0, 0.05) is 23.6 Å². The van der Waals surface area contributed by atoms with Gasteiger partial charge in [-0.25, -0.2) is 4.68 Å². The highest BCUT2D eigenvalue weighted by Crippen LogP contribution is 2.26. The summed E-state index contributed by atoms with van der Waals surface area (Å²) >= 11 is 4.65. The number of benzene rings is 1. The third kappa shape index (κ3) is 4.27. The molecule has 0 aliphatic carbocycles. The van der Waals surface area contributed by atoms with Crippen molar-refractivity contribution in [2.75, 3.05) is 19.4 Å². The van der Waals surface area contributed by atoms with Crippen molar-refractivity contribution < 1.29 is 4.79 Å². The zero-order valence-electron chi connectivity index (χ0n) is 13.3. The lowest BCUT2D eigenvalue weighted by atomic mass is 10.2. The number of halogens is 1. The number of nitrogens with zero attached hydrogens (tertiary/aromatic N) is 5. The lowest BCUT2D eigenvalue weighted by Gasteiger charge is -2.19. The minimum atomic E-state index is -0.379. The number of aromatic nitrogens is 3. The van der Waals surface area contributed by atoms with Crippen LogP contribution in [-0.4, -0.2) is 44.5 Å². The molecule has 1 amide bonds. The first-order valence-electron chi connectivity index (χ1n) is 7.19. The first-order chi connectivity index (χ1) is 11.4. The van der Waals surface area contributed by atoms with Crippen molar-refractivity contribution in [3.8, 4) is 17.5 Å². The van der Waals surface area contributed by atoms with Crippen molar-refractivity contribution in [3.63, 3.8) is 0 Å². The molecule has 2 aromatic rings. The maximum Gasteiger partial charge on any atom is 0.235 e. The third-order valence-electron chi connectivity index (χ3n) is 3.31. The molecule has 0 bridgehead atoms. The van der Waals surface area contributed by atoms with E-state index in [1.165, 1.54) is 21.3 Å². The van der Waals surface area contributed by atoms with Crippen molar-refractivity contribution in [2.24, 2.45) is 0 Å². The number of nitrogens with two attached hydrogens (primary N) is 1. The second-order valence-corrected chi connectivity index (χ2v) is 7.34. The van der Waals surface area contributed by atoms with Gasteiger partial charge in [0.15, 0.2) is 5.82 Å². The standard InChI is InChI=1S/C15H17BrN6OS/c1-10(14(23)21(2)8-4-7-17)24-15-20-19-13(22(15)18)11-5-3-6-12(16)9-11/h3,5-6,9-10H,4,8,18H2,1-2H3/t10-/m1/s1. The van der Waals surface area contributed by atoms with Gasteiger partial charge in [-0.15, -0.1) is 10.2 Å². The van der Waals surface area contributed by atoms with Crippen LogP contribution in [0.3, 0.4) is 0 Å². The third-order valence-corrected chi connectivity index (χ3v) is 4.85. The predicted octanol–water partition coefficient (Wildman–Crippen LogP) is 2.27. The molecule has 2 rings (SSSR count). The average molecular weight is 409 g/mol. The Morgan fingerprint density at radius 2 is 2.29 bits per heavy atom. The molecule has 1 atom stereocenters. The van der Waals surface area contributed by atoms with Crippen LogP contribution in [0, 0.1) is 11.3 Å². The molecule has 0 saturated heterocycles. The zero-order chi connectivity index (χ0) is 17.7. The molecular weight excluding hydrogens is 392 g/mol. The van der Waals surface area contributed by atoms with E-state index in [1.54, 1.807) is 14.0 Å². The normalized spacial score (nSPS) is 11.8. The van der Waals surface area contributed by atoms with Gasteiger partial charge in [-0.2, -0.15) is 5.26 Å². The smallest absolute Gasteiger partial charge is 0.235 e. The number of thioether (sulfide) groups is 1. The van der Waals surface area contributed by atoms with Gasteiger partial charge in [-0.3, -0.25) is 4.79 Å². The molecular formula is C15H17BrN6OS. The van der Waals surface area contributed by atoms with E-state index in [2.05, 4.69) is 26.1 Å². The molecule has 0 spiro atoms. The van der Waals surface area contributed by atoms with Crippen LogP contribution in [0.1, 0.15) is 13.3 Å². The molecule has 1 heterocycles. The highest BCUT2D eigenvalue weighted by molar-refractivity contribution is 9.10. The van der Waals surface area contributed by atoms with E-state index in [0.29, 0.717) is 23.9 Å². The summed E-state index contributed by atoms with van der Waals surface area (Å²) in [6.45, 7) is 2.18. The predicted molar refractivity (Wildman–Crippen MR) is 96.5 cm³/mol. The summed E-state index contributed by atoms with van der Waals surface area (Å²) in [5.74, 6) is 6.52. The molecule has 0 radical (unpaired) electrons. The SMILES string of the molecule is C[C@@H](Sc1nnc(-c2cccc(Br)c2)n1N)C(=O)N(C)CCC#N. The summed E-state index contributed by atoms with van der Waals surface area (Å²) in [7, 11) is 1.68. The molecule has 2 N–H and O–H groups in total. The van der Waals surface area contributed by atoms with Crippen molar-refractivity contribution in [1.29, 1.82) is 5.26 Å². The summed E-state index contributed by atoms with van der Waals surface area (Å²) in [6.07, 6.45) is 0.305. The molecule has 0 aliphatic heterocycles. The Balaban J connectivity index is 2.11. The number of hydrogen-bond donors (Lipinski definition) is 1. The van der Waals surface area contributed by atoms with E-state index < -0.39 is 0 Å². The van der Waals surface area contributed by atoms with Crippen LogP contribution in [0.25, 0.3) is 11.4 Å². The first-order valence-corrected chi connectivity index (χ1v) is 8.86. The summed E-state index contributed by atoms with van der Waals surface area (Å²) in [6, 6.07) is 9.60. The second-order valence-electron chi connectivity index (χ2n) is 5.11. The van der Waals surface area contributed by atoms with Crippen LogP contribution in [0.5, 0.6) is 0 Å².